The summed E-state index contributed by atoms with van der Waals surface area (Å²) in [6.07, 6.45) is -4.82. The molecule has 0 saturated heterocycles. The lowest BCUT2D eigenvalue weighted by Crippen LogP contribution is -2.17. The van der Waals surface area contributed by atoms with E-state index in [2.05, 4.69) is 9.72 Å². The molecule has 2 aromatic rings. The Labute approximate surface area is 112 Å². The molecule has 0 aliphatic rings. The molecule has 0 atom stereocenters. The number of ether oxygens (including phenoxy) is 1. The van der Waals surface area contributed by atoms with E-state index in [0.29, 0.717) is 0 Å². The lowest BCUT2D eigenvalue weighted by molar-refractivity contribution is -0.274. The molecule has 102 valence electrons. The zero-order valence-corrected chi connectivity index (χ0v) is 9.98. The first-order valence-electron chi connectivity index (χ1n) is 5.42. The molecule has 2 N–H and O–H groups in total. The quantitative estimate of drug-likeness (QED) is 0.916. The number of nitrogens with two attached hydrogens (primary N) is 1. The highest BCUT2D eigenvalue weighted by Gasteiger charge is 2.32. The van der Waals surface area contributed by atoms with Gasteiger partial charge >= 0.3 is 6.36 Å². The Morgan fingerprint density at radius 1 is 1.15 bits per heavy atom. The van der Waals surface area contributed by atoms with E-state index in [4.69, 9.17) is 11.0 Å². The van der Waals surface area contributed by atoms with Crippen LogP contribution in [0.15, 0.2) is 36.4 Å². The van der Waals surface area contributed by atoms with Crippen molar-refractivity contribution in [2.45, 2.75) is 6.36 Å². The average Bonchev–Trinajstić information content (AvgIpc) is 2.38. The normalized spacial score (nSPS) is 10.9. The van der Waals surface area contributed by atoms with Crippen LogP contribution in [-0.4, -0.2) is 11.3 Å². The molecule has 0 aliphatic carbocycles. The van der Waals surface area contributed by atoms with Crippen molar-refractivity contribution in [3.05, 3.63) is 42.1 Å². The van der Waals surface area contributed by atoms with Gasteiger partial charge in [0.25, 0.3) is 0 Å². The van der Waals surface area contributed by atoms with Gasteiger partial charge < -0.3 is 10.5 Å². The van der Waals surface area contributed by atoms with Crippen LogP contribution in [0.5, 0.6) is 5.75 Å². The van der Waals surface area contributed by atoms with Gasteiger partial charge in [-0.3, -0.25) is 0 Å². The number of anilines is 1. The van der Waals surface area contributed by atoms with Gasteiger partial charge in [-0.15, -0.1) is 13.2 Å². The average molecular weight is 279 g/mol. The first kappa shape index (κ1) is 13.7. The highest BCUT2D eigenvalue weighted by molar-refractivity contribution is 5.77. The number of alkyl halides is 3. The number of benzene rings is 1. The molecular weight excluding hydrogens is 271 g/mol. The Morgan fingerprint density at radius 3 is 2.50 bits per heavy atom. The molecule has 1 aromatic carbocycles. The van der Waals surface area contributed by atoms with Crippen LogP contribution >= 0.6 is 0 Å². The third-order valence-electron chi connectivity index (χ3n) is 2.41. The summed E-state index contributed by atoms with van der Waals surface area (Å²) in [6, 6.07) is 10.1. The van der Waals surface area contributed by atoms with Crippen LogP contribution < -0.4 is 10.5 Å². The van der Waals surface area contributed by atoms with Crippen molar-refractivity contribution in [1.82, 2.24) is 4.98 Å². The van der Waals surface area contributed by atoms with Crippen molar-refractivity contribution in [1.29, 1.82) is 5.26 Å². The Balaban J connectivity index is 2.56. The van der Waals surface area contributed by atoms with Gasteiger partial charge in [0.15, 0.2) is 0 Å². The van der Waals surface area contributed by atoms with Gasteiger partial charge in [0.2, 0.25) is 0 Å². The van der Waals surface area contributed by atoms with Crippen LogP contribution in [0.3, 0.4) is 0 Å². The summed E-state index contributed by atoms with van der Waals surface area (Å²) in [6.45, 7) is 0. The van der Waals surface area contributed by atoms with E-state index >= 15 is 0 Å². The summed E-state index contributed by atoms with van der Waals surface area (Å²) in [7, 11) is 0. The molecular formula is C13H8F3N3O. The van der Waals surface area contributed by atoms with E-state index in [9.17, 15) is 13.2 Å². The predicted molar refractivity (Wildman–Crippen MR) is 65.5 cm³/mol. The Bertz CT molecular complexity index is 677. The maximum absolute atomic E-state index is 12.4. The Kier molecular flexibility index (Phi) is 3.48. The molecule has 0 fully saturated rings. The number of aromatic nitrogens is 1. The molecule has 0 aliphatic heterocycles. The van der Waals surface area contributed by atoms with Crippen molar-refractivity contribution in [2.24, 2.45) is 0 Å². The van der Waals surface area contributed by atoms with E-state index < -0.39 is 12.1 Å². The van der Waals surface area contributed by atoms with E-state index in [1.807, 2.05) is 0 Å². The number of nitrogen functional groups attached to an aromatic ring is 1. The number of halogens is 3. The number of pyridine rings is 1. The van der Waals surface area contributed by atoms with Gasteiger partial charge in [0.1, 0.15) is 17.5 Å². The van der Waals surface area contributed by atoms with Crippen LogP contribution in [0.2, 0.25) is 0 Å². The van der Waals surface area contributed by atoms with E-state index in [-0.39, 0.29) is 22.6 Å². The lowest BCUT2D eigenvalue weighted by Gasteiger charge is -2.13. The van der Waals surface area contributed by atoms with Gasteiger partial charge in [-0.1, -0.05) is 12.1 Å². The van der Waals surface area contributed by atoms with Gasteiger partial charge in [-0.2, -0.15) is 5.26 Å². The fourth-order valence-corrected chi connectivity index (χ4v) is 1.62. The second-order valence-corrected chi connectivity index (χ2v) is 3.79. The van der Waals surface area contributed by atoms with Crippen LogP contribution in [0.1, 0.15) is 5.69 Å². The molecule has 4 nitrogen and oxygen atoms in total. The fourth-order valence-electron chi connectivity index (χ4n) is 1.62. The standard InChI is InChI=1S/C13H8F3N3O/c14-13(15,16)20-11-4-2-1-3-9(11)12-10(18)6-5-8(7-17)19-12/h1-6H,18H2. The molecule has 0 saturated carbocycles. The molecule has 2 rings (SSSR count). The first-order chi connectivity index (χ1) is 9.40. The molecule has 20 heavy (non-hydrogen) atoms. The minimum Gasteiger partial charge on any atom is -0.405 e. The SMILES string of the molecule is N#Cc1ccc(N)c(-c2ccccc2OC(F)(F)F)n1. The summed E-state index contributed by atoms with van der Waals surface area (Å²) in [5.41, 5.74) is 6.05. The Hall–Kier alpha value is -2.75. The topological polar surface area (TPSA) is 71.9 Å². The van der Waals surface area contributed by atoms with E-state index in [1.165, 1.54) is 30.3 Å². The summed E-state index contributed by atoms with van der Waals surface area (Å²) >= 11 is 0. The summed E-state index contributed by atoms with van der Waals surface area (Å²) in [5.74, 6) is -0.422. The minimum atomic E-state index is -4.82. The van der Waals surface area contributed by atoms with Crippen molar-refractivity contribution in [3.8, 4) is 23.1 Å². The molecule has 1 heterocycles. The van der Waals surface area contributed by atoms with Gasteiger partial charge in [0.05, 0.1) is 11.4 Å². The predicted octanol–water partition coefficient (Wildman–Crippen LogP) is 3.10. The van der Waals surface area contributed by atoms with Crippen molar-refractivity contribution < 1.29 is 17.9 Å². The molecule has 0 bridgehead atoms. The second kappa shape index (κ2) is 5.09. The molecule has 0 spiro atoms. The van der Waals surface area contributed by atoms with Crippen molar-refractivity contribution in [2.75, 3.05) is 5.73 Å². The molecule has 0 radical (unpaired) electrons. The monoisotopic (exact) mass is 279 g/mol. The number of hydrogen-bond acceptors (Lipinski definition) is 4. The van der Waals surface area contributed by atoms with Crippen LogP contribution in [0, 0.1) is 11.3 Å². The summed E-state index contributed by atoms with van der Waals surface area (Å²) in [4.78, 5) is 3.92. The zero-order chi connectivity index (χ0) is 14.8. The van der Waals surface area contributed by atoms with Crippen LogP contribution in [0.25, 0.3) is 11.3 Å². The second-order valence-electron chi connectivity index (χ2n) is 3.79. The first-order valence-corrected chi connectivity index (χ1v) is 5.42. The maximum Gasteiger partial charge on any atom is 0.573 e. The van der Waals surface area contributed by atoms with Crippen LogP contribution in [-0.2, 0) is 0 Å². The van der Waals surface area contributed by atoms with Gasteiger partial charge in [-0.25, -0.2) is 4.98 Å². The van der Waals surface area contributed by atoms with Crippen molar-refractivity contribution in [3.63, 3.8) is 0 Å². The molecule has 0 amide bonds. The number of hydrogen-bond donors (Lipinski definition) is 1. The van der Waals surface area contributed by atoms with Crippen LogP contribution in [0.4, 0.5) is 18.9 Å². The third-order valence-corrected chi connectivity index (χ3v) is 2.41. The number of para-hydroxylation sites is 1. The lowest BCUT2D eigenvalue weighted by atomic mass is 10.1. The molecule has 7 heteroatoms. The smallest absolute Gasteiger partial charge is 0.405 e. The number of nitrogens with zero attached hydrogens (tertiary/aromatic N) is 2. The number of nitriles is 1. The van der Waals surface area contributed by atoms with Gasteiger partial charge in [0, 0.05) is 5.56 Å². The summed E-state index contributed by atoms with van der Waals surface area (Å²) in [5, 5.41) is 8.79. The van der Waals surface area contributed by atoms with E-state index in [1.54, 1.807) is 6.07 Å². The third kappa shape index (κ3) is 2.98. The largest absolute Gasteiger partial charge is 0.573 e. The highest BCUT2D eigenvalue weighted by atomic mass is 19.4. The number of rotatable bonds is 2. The zero-order valence-electron chi connectivity index (χ0n) is 9.98. The van der Waals surface area contributed by atoms with Gasteiger partial charge in [-0.05, 0) is 24.3 Å². The highest BCUT2D eigenvalue weighted by Crippen LogP contribution is 2.35. The minimum absolute atomic E-state index is 0.0519. The van der Waals surface area contributed by atoms with E-state index in [0.717, 1.165) is 6.07 Å². The molecule has 1 aromatic heterocycles. The van der Waals surface area contributed by atoms with Crippen molar-refractivity contribution >= 4 is 5.69 Å². The fraction of sp³-hybridized carbons (Fsp3) is 0.0769. The maximum atomic E-state index is 12.4. The summed E-state index contributed by atoms with van der Waals surface area (Å²) < 4.78 is 41.0. The Morgan fingerprint density at radius 2 is 1.85 bits per heavy atom. The molecule has 0 unspecified atom stereocenters.